The van der Waals surface area contributed by atoms with Gasteiger partial charge in [-0.25, -0.2) is 0 Å². The van der Waals surface area contributed by atoms with Crippen molar-refractivity contribution >= 4 is 46.3 Å². The van der Waals surface area contributed by atoms with E-state index in [4.69, 9.17) is 25.5 Å². The van der Waals surface area contributed by atoms with Gasteiger partial charge in [-0.2, -0.15) is 0 Å². The predicted octanol–water partition coefficient (Wildman–Crippen LogP) is 4.50. The zero-order chi connectivity index (χ0) is 14.5. The van der Waals surface area contributed by atoms with Gasteiger partial charge in [0.2, 0.25) is 0 Å². The Labute approximate surface area is 136 Å². The molecule has 7 heteroatoms. The molecule has 1 heterocycles. The van der Waals surface area contributed by atoms with Gasteiger partial charge in [0.1, 0.15) is 0 Å². The van der Waals surface area contributed by atoms with Gasteiger partial charge in [-0.15, -0.1) is 0 Å². The van der Waals surface area contributed by atoms with Crippen LogP contribution in [-0.4, -0.2) is 31.9 Å². The summed E-state index contributed by atoms with van der Waals surface area (Å²) in [5.74, 6) is 0. The van der Waals surface area contributed by atoms with Crippen LogP contribution in [0, 0.1) is 0 Å². The molecular formula is C12H18BCl3NSiZr. The van der Waals surface area contributed by atoms with Crippen LogP contribution in [-0.2, 0) is 18.2 Å². The second-order valence-electron chi connectivity index (χ2n) is 5.28. The molecule has 0 bridgehead atoms. The van der Waals surface area contributed by atoms with Crippen molar-refractivity contribution < 1.29 is 18.2 Å². The molecule has 2 rings (SSSR count). The SMILES string of the molecule is C[Si](C)(C)N1CCB=C1c1ccccc1.[Cl][Zr]([Cl])[Cl]. The summed E-state index contributed by atoms with van der Waals surface area (Å²) in [5.41, 5.74) is 2.83. The molecule has 19 heavy (non-hydrogen) atoms. The Balaban J connectivity index is 0.000000399. The fourth-order valence-electron chi connectivity index (χ4n) is 2.14. The molecular weight excluding hydrogens is 395 g/mol. The van der Waals surface area contributed by atoms with Gasteiger partial charge in [0.05, 0.1) is 0 Å². The first-order chi connectivity index (χ1) is 8.82. The molecule has 0 fully saturated rings. The molecule has 1 aliphatic rings. The summed E-state index contributed by atoms with van der Waals surface area (Å²) >= 11 is -2.13. The summed E-state index contributed by atoms with van der Waals surface area (Å²) in [5, 5.41) is 0. The van der Waals surface area contributed by atoms with Gasteiger partial charge in [0, 0.05) is 0 Å². The van der Waals surface area contributed by atoms with Crippen molar-refractivity contribution in [3.05, 3.63) is 35.9 Å². The van der Waals surface area contributed by atoms with Crippen LogP contribution in [0.2, 0.25) is 26.0 Å². The van der Waals surface area contributed by atoms with Gasteiger partial charge < -0.3 is 0 Å². The number of nitrogens with zero attached hydrogens (tertiary/aromatic N) is 1. The summed E-state index contributed by atoms with van der Waals surface area (Å²) in [4.78, 5) is 0. The molecule has 1 aliphatic heterocycles. The van der Waals surface area contributed by atoms with Gasteiger partial charge in [-0.05, 0) is 0 Å². The van der Waals surface area contributed by atoms with Crippen molar-refractivity contribution in [3.8, 4) is 0 Å². The molecule has 0 spiro atoms. The van der Waals surface area contributed by atoms with E-state index >= 15 is 0 Å². The third-order valence-corrected chi connectivity index (χ3v) is 4.94. The van der Waals surface area contributed by atoms with Crippen molar-refractivity contribution in [1.82, 2.24) is 4.57 Å². The first kappa shape index (κ1) is 18.0. The Bertz CT molecular complexity index is 420. The van der Waals surface area contributed by atoms with Crippen LogP contribution in [0.3, 0.4) is 0 Å². The number of hydrogen-bond donors (Lipinski definition) is 0. The summed E-state index contributed by atoms with van der Waals surface area (Å²) in [6.07, 6.45) is 1.20. The summed E-state index contributed by atoms with van der Waals surface area (Å²) in [6, 6.07) is 10.8. The molecule has 0 aliphatic carbocycles. The number of halogens is 3. The molecule has 0 radical (unpaired) electrons. The Hall–Kier alpha value is 0.925. The van der Waals surface area contributed by atoms with E-state index in [-0.39, 0.29) is 0 Å². The Kier molecular flexibility index (Phi) is 7.94. The molecule has 0 unspecified atom stereocenters. The van der Waals surface area contributed by atoms with Gasteiger partial charge in [-0.1, -0.05) is 0 Å². The summed E-state index contributed by atoms with van der Waals surface area (Å²) in [7, 11) is 13.8. The third-order valence-electron chi connectivity index (χ3n) is 2.86. The fraction of sp³-hybridized carbons (Fsp3) is 0.417. The van der Waals surface area contributed by atoms with Crippen LogP contribution in [0.25, 0.3) is 0 Å². The van der Waals surface area contributed by atoms with Crippen molar-refractivity contribution in [3.63, 3.8) is 0 Å². The molecule has 103 valence electrons. The molecule has 0 saturated heterocycles. The van der Waals surface area contributed by atoms with Crippen LogP contribution < -0.4 is 0 Å². The van der Waals surface area contributed by atoms with E-state index in [9.17, 15) is 0 Å². The van der Waals surface area contributed by atoms with Gasteiger partial charge >= 0.3 is 137 Å². The van der Waals surface area contributed by atoms with Crippen molar-refractivity contribution in [2.45, 2.75) is 26.0 Å². The van der Waals surface area contributed by atoms with Gasteiger partial charge in [0.15, 0.2) is 0 Å². The zero-order valence-corrected chi connectivity index (χ0v) is 17.2. The second kappa shape index (κ2) is 8.39. The normalized spacial score (nSPS) is 14.2. The predicted molar refractivity (Wildman–Crippen MR) is 88.7 cm³/mol. The van der Waals surface area contributed by atoms with E-state index in [1.165, 1.54) is 24.0 Å². The number of benzene rings is 1. The minimum absolute atomic E-state index is 1.20. The maximum absolute atomic E-state index is 5.00. The van der Waals surface area contributed by atoms with Crippen LogP contribution in [0.1, 0.15) is 5.56 Å². The fourth-order valence-corrected chi connectivity index (χ4v) is 3.88. The molecule has 1 aromatic carbocycles. The summed E-state index contributed by atoms with van der Waals surface area (Å²) < 4.78 is 2.63. The van der Waals surface area contributed by atoms with E-state index in [1.54, 1.807) is 0 Å². The monoisotopic (exact) mass is 410 g/mol. The molecule has 0 amide bonds. The molecule has 0 aromatic heterocycles. The van der Waals surface area contributed by atoms with Gasteiger partial charge in [-0.3, -0.25) is 0 Å². The minimum atomic E-state index is -2.13. The molecule has 0 atom stereocenters. The average Bonchev–Trinajstić information content (AvgIpc) is 2.78. The maximum atomic E-state index is 5.00. The number of hydrogen-bond acceptors (Lipinski definition) is 1. The molecule has 0 N–H and O–H groups in total. The Morgan fingerprint density at radius 1 is 1.11 bits per heavy atom. The van der Waals surface area contributed by atoms with Crippen LogP contribution in [0.15, 0.2) is 30.3 Å². The van der Waals surface area contributed by atoms with Crippen LogP contribution in [0.5, 0.6) is 0 Å². The van der Waals surface area contributed by atoms with Crippen molar-refractivity contribution in [2.75, 3.05) is 6.54 Å². The van der Waals surface area contributed by atoms with E-state index < -0.39 is 26.4 Å². The third kappa shape index (κ3) is 6.48. The topological polar surface area (TPSA) is 3.24 Å². The van der Waals surface area contributed by atoms with E-state index in [1.807, 2.05) is 0 Å². The quantitative estimate of drug-likeness (QED) is 0.646. The second-order valence-corrected chi connectivity index (χ2v) is 21.4. The van der Waals surface area contributed by atoms with E-state index in [0.29, 0.717) is 0 Å². The zero-order valence-electron chi connectivity index (χ0n) is 11.5. The standard InChI is InChI=1S/C12H18BNSi.3ClH.Zr/c1-15(2,3)14-10-9-13-12(14)11-7-5-4-6-8-11;;;;/h4-8H,9-10H2,1-3H3;3*1H;/q;;;;+3/p-3. The van der Waals surface area contributed by atoms with Crippen molar-refractivity contribution in [1.29, 1.82) is 0 Å². The average molecular weight is 413 g/mol. The van der Waals surface area contributed by atoms with Gasteiger partial charge in [0.25, 0.3) is 0 Å². The van der Waals surface area contributed by atoms with E-state index in [0.717, 1.165) is 0 Å². The molecule has 1 aromatic rings. The first-order valence-corrected chi connectivity index (χ1v) is 19.1. The molecule has 0 saturated carbocycles. The Morgan fingerprint density at radius 3 is 2.11 bits per heavy atom. The van der Waals surface area contributed by atoms with Crippen molar-refractivity contribution in [2.24, 2.45) is 0 Å². The summed E-state index contributed by atoms with van der Waals surface area (Å²) in [6.45, 7) is 10.8. The first-order valence-electron chi connectivity index (χ1n) is 6.19. The van der Waals surface area contributed by atoms with E-state index in [2.05, 4.69) is 61.5 Å². The van der Waals surface area contributed by atoms with Crippen LogP contribution >= 0.6 is 25.5 Å². The number of rotatable bonds is 2. The Morgan fingerprint density at radius 2 is 1.63 bits per heavy atom. The van der Waals surface area contributed by atoms with Crippen LogP contribution in [0.4, 0.5) is 0 Å². The molecule has 1 nitrogen and oxygen atoms in total.